The molecule has 148 valence electrons. The first-order valence-corrected chi connectivity index (χ1v) is 10.1. The van der Waals surface area contributed by atoms with Gasteiger partial charge in [0.1, 0.15) is 0 Å². The molecule has 0 heterocycles. The fourth-order valence-electron chi connectivity index (χ4n) is 4.95. The highest BCUT2D eigenvalue weighted by atomic mass is 16.4. The van der Waals surface area contributed by atoms with Crippen LogP contribution in [0.25, 0.3) is 0 Å². The molecule has 0 radical (unpaired) electrons. The lowest BCUT2D eigenvalue weighted by molar-refractivity contribution is -0.313. The Balaban J connectivity index is 1.37. The Morgan fingerprint density at radius 2 is 1.54 bits per heavy atom. The van der Waals surface area contributed by atoms with Crippen LogP contribution in [0, 0.1) is 23.7 Å². The predicted octanol–water partition coefficient (Wildman–Crippen LogP) is 1.88. The van der Waals surface area contributed by atoms with E-state index in [1.165, 1.54) is 6.42 Å². The van der Waals surface area contributed by atoms with Crippen molar-refractivity contribution in [3.05, 3.63) is 42.0 Å². The highest BCUT2D eigenvalue weighted by Crippen LogP contribution is 2.48. The minimum Gasteiger partial charge on any atom is -0.550 e. The number of anilines is 1. The van der Waals surface area contributed by atoms with Crippen LogP contribution in [0.2, 0.25) is 0 Å². The average molecular weight is 381 g/mol. The van der Waals surface area contributed by atoms with Crippen molar-refractivity contribution in [1.82, 2.24) is 5.32 Å². The number of allylic oxidation sites excluding steroid dienone is 2. The van der Waals surface area contributed by atoms with E-state index in [9.17, 15) is 19.5 Å². The van der Waals surface area contributed by atoms with Crippen LogP contribution >= 0.6 is 0 Å². The molecule has 4 atom stereocenters. The van der Waals surface area contributed by atoms with Gasteiger partial charge in [-0.1, -0.05) is 31.4 Å². The molecule has 2 fully saturated rings. The number of aliphatic carboxylic acids is 1. The zero-order valence-electron chi connectivity index (χ0n) is 15.7. The lowest BCUT2D eigenvalue weighted by Gasteiger charge is -2.27. The van der Waals surface area contributed by atoms with Crippen molar-refractivity contribution in [2.75, 3.05) is 5.32 Å². The van der Waals surface area contributed by atoms with Crippen LogP contribution in [0.5, 0.6) is 0 Å². The molecule has 0 aromatic heterocycles. The molecular weight excluding hydrogens is 356 g/mol. The monoisotopic (exact) mass is 381 g/mol. The van der Waals surface area contributed by atoms with Crippen molar-refractivity contribution in [3.63, 3.8) is 0 Å². The Labute approximate surface area is 164 Å². The minimum absolute atomic E-state index is 0.0477. The number of hydrogen-bond donors (Lipinski definition) is 2. The van der Waals surface area contributed by atoms with Gasteiger partial charge in [0.05, 0.1) is 5.92 Å². The zero-order valence-corrected chi connectivity index (χ0v) is 15.7. The number of nitrogens with one attached hydrogen (secondary N) is 2. The normalized spacial score (nSPS) is 28.9. The fraction of sp³-hybridized carbons (Fsp3) is 0.500. The van der Waals surface area contributed by atoms with Crippen LogP contribution in [0.1, 0.15) is 48.9 Å². The second-order valence-electron chi connectivity index (χ2n) is 8.19. The van der Waals surface area contributed by atoms with E-state index >= 15 is 0 Å². The highest BCUT2D eigenvalue weighted by molar-refractivity contribution is 5.98. The van der Waals surface area contributed by atoms with Gasteiger partial charge in [0, 0.05) is 29.2 Å². The maximum Gasteiger partial charge on any atom is 0.251 e. The first kappa shape index (κ1) is 18.7. The lowest BCUT2D eigenvalue weighted by Crippen LogP contribution is -2.42. The molecule has 2 bridgehead atoms. The summed E-state index contributed by atoms with van der Waals surface area (Å²) in [4.78, 5) is 36.5. The summed E-state index contributed by atoms with van der Waals surface area (Å²) in [5.41, 5.74) is 1.11. The molecule has 4 rings (SSSR count). The van der Waals surface area contributed by atoms with E-state index in [2.05, 4.69) is 10.6 Å². The maximum atomic E-state index is 12.7. The number of carboxylic acids is 1. The SMILES string of the molecule is O=C(NC1CCCCC1)c1ccc(NC(=O)[C@@H]2[C@@H](C(=O)[O-])[C@H]3C=C[C@@H]2C3)cc1. The zero-order chi connectivity index (χ0) is 19.7. The van der Waals surface area contributed by atoms with E-state index in [-0.39, 0.29) is 29.7 Å². The van der Waals surface area contributed by atoms with E-state index in [1.54, 1.807) is 24.3 Å². The van der Waals surface area contributed by atoms with Crippen molar-refractivity contribution in [1.29, 1.82) is 0 Å². The molecule has 28 heavy (non-hydrogen) atoms. The number of fused-ring (bicyclic) bond motifs is 2. The van der Waals surface area contributed by atoms with Crippen molar-refractivity contribution < 1.29 is 19.5 Å². The molecule has 1 aromatic rings. The van der Waals surface area contributed by atoms with Crippen LogP contribution in [-0.2, 0) is 9.59 Å². The summed E-state index contributed by atoms with van der Waals surface area (Å²) < 4.78 is 0. The van der Waals surface area contributed by atoms with Gasteiger partial charge in [0.15, 0.2) is 0 Å². The van der Waals surface area contributed by atoms with Gasteiger partial charge in [-0.15, -0.1) is 0 Å². The van der Waals surface area contributed by atoms with E-state index in [1.807, 2.05) is 12.2 Å². The number of carboxylic acid groups (broad SMARTS) is 1. The van der Waals surface area contributed by atoms with Gasteiger partial charge >= 0.3 is 0 Å². The van der Waals surface area contributed by atoms with E-state index in [0.29, 0.717) is 17.7 Å². The van der Waals surface area contributed by atoms with E-state index in [0.717, 1.165) is 25.7 Å². The third-order valence-corrected chi connectivity index (χ3v) is 6.39. The lowest BCUT2D eigenvalue weighted by atomic mass is 9.82. The minimum atomic E-state index is -1.16. The van der Waals surface area contributed by atoms with Gasteiger partial charge in [-0.05, 0) is 55.4 Å². The third kappa shape index (κ3) is 3.68. The summed E-state index contributed by atoms with van der Waals surface area (Å²) in [6.45, 7) is 0. The third-order valence-electron chi connectivity index (χ3n) is 6.39. The number of amides is 2. The summed E-state index contributed by atoms with van der Waals surface area (Å²) in [6.07, 6.45) is 10.1. The summed E-state index contributed by atoms with van der Waals surface area (Å²) >= 11 is 0. The maximum absolute atomic E-state index is 12.7. The Kier molecular flexibility index (Phi) is 5.20. The average Bonchev–Trinajstić information content (AvgIpc) is 3.31. The van der Waals surface area contributed by atoms with Crippen molar-refractivity contribution >= 4 is 23.5 Å². The number of carbonyl (C=O) groups excluding carboxylic acids is 3. The van der Waals surface area contributed by atoms with Gasteiger partial charge in [0.2, 0.25) is 5.91 Å². The Bertz CT molecular complexity index is 795. The van der Waals surface area contributed by atoms with Gasteiger partial charge in [0.25, 0.3) is 5.91 Å². The Morgan fingerprint density at radius 1 is 0.893 bits per heavy atom. The molecule has 2 amide bonds. The van der Waals surface area contributed by atoms with Crippen LogP contribution in [0.3, 0.4) is 0 Å². The van der Waals surface area contributed by atoms with Crippen LogP contribution < -0.4 is 15.7 Å². The highest BCUT2D eigenvalue weighted by Gasteiger charge is 2.48. The molecule has 0 saturated heterocycles. The Morgan fingerprint density at radius 3 is 2.18 bits per heavy atom. The molecule has 2 N–H and O–H groups in total. The number of rotatable bonds is 5. The molecule has 6 nitrogen and oxygen atoms in total. The van der Waals surface area contributed by atoms with Gasteiger partial charge < -0.3 is 20.5 Å². The van der Waals surface area contributed by atoms with Gasteiger partial charge in [-0.3, -0.25) is 9.59 Å². The standard InChI is InChI=1S/C22H26N2O4/c25-20(23-16-4-2-1-3-5-16)13-8-10-17(11-9-13)24-21(26)18-14-6-7-15(12-14)19(18)22(27)28/h6-11,14-16,18-19H,1-5,12H2,(H,23,25)(H,24,26)(H,27,28)/p-1/t14-,15+,18+,19+/m1/s1. The fourth-order valence-corrected chi connectivity index (χ4v) is 4.95. The Hall–Kier alpha value is -2.63. The molecular formula is C22H25N2O4-. The van der Waals surface area contributed by atoms with Crippen molar-refractivity contribution in [2.45, 2.75) is 44.6 Å². The molecule has 6 heteroatoms. The second kappa shape index (κ2) is 7.78. The number of benzene rings is 1. The predicted molar refractivity (Wildman–Crippen MR) is 102 cm³/mol. The van der Waals surface area contributed by atoms with E-state index < -0.39 is 17.8 Å². The van der Waals surface area contributed by atoms with Crippen LogP contribution in [0.4, 0.5) is 5.69 Å². The van der Waals surface area contributed by atoms with Gasteiger partial charge in [-0.25, -0.2) is 0 Å². The molecule has 2 saturated carbocycles. The smallest absolute Gasteiger partial charge is 0.251 e. The van der Waals surface area contributed by atoms with E-state index in [4.69, 9.17) is 0 Å². The van der Waals surface area contributed by atoms with Crippen LogP contribution in [-0.4, -0.2) is 23.8 Å². The van der Waals surface area contributed by atoms with Crippen LogP contribution in [0.15, 0.2) is 36.4 Å². The number of hydrogen-bond acceptors (Lipinski definition) is 4. The first-order chi connectivity index (χ1) is 13.5. The first-order valence-electron chi connectivity index (χ1n) is 10.1. The quantitative estimate of drug-likeness (QED) is 0.761. The molecule has 3 aliphatic carbocycles. The summed E-state index contributed by atoms with van der Waals surface area (Å²) in [5.74, 6) is -3.09. The molecule has 0 unspecified atom stereocenters. The number of carbonyl (C=O) groups is 3. The summed E-state index contributed by atoms with van der Waals surface area (Å²) in [6, 6.07) is 6.98. The summed E-state index contributed by atoms with van der Waals surface area (Å²) in [7, 11) is 0. The largest absolute Gasteiger partial charge is 0.550 e. The van der Waals surface area contributed by atoms with Gasteiger partial charge in [-0.2, -0.15) is 0 Å². The molecule has 0 aliphatic heterocycles. The van der Waals surface area contributed by atoms with Crippen molar-refractivity contribution in [3.8, 4) is 0 Å². The molecule has 0 spiro atoms. The second-order valence-corrected chi connectivity index (χ2v) is 8.19. The molecule has 1 aromatic carbocycles. The topological polar surface area (TPSA) is 98.3 Å². The molecule has 3 aliphatic rings. The van der Waals surface area contributed by atoms with Crippen molar-refractivity contribution in [2.24, 2.45) is 23.7 Å². The summed E-state index contributed by atoms with van der Waals surface area (Å²) in [5, 5.41) is 17.3.